The number of halogens is 1. The van der Waals surface area contributed by atoms with E-state index in [4.69, 9.17) is 16.3 Å². The first kappa shape index (κ1) is 20.4. The molecule has 1 amide bonds. The van der Waals surface area contributed by atoms with Crippen LogP contribution in [-0.2, 0) is 9.53 Å². The molecule has 0 bridgehead atoms. The Morgan fingerprint density at radius 3 is 2.56 bits per heavy atom. The minimum atomic E-state index is -0.788. The van der Waals surface area contributed by atoms with Crippen molar-refractivity contribution in [2.24, 2.45) is 0 Å². The summed E-state index contributed by atoms with van der Waals surface area (Å²) < 4.78 is 4.97. The van der Waals surface area contributed by atoms with Gasteiger partial charge in [0.05, 0.1) is 24.0 Å². The maximum absolute atomic E-state index is 12.8. The van der Waals surface area contributed by atoms with Gasteiger partial charge in [0.1, 0.15) is 5.56 Å². The van der Waals surface area contributed by atoms with Gasteiger partial charge in [-0.05, 0) is 31.0 Å². The summed E-state index contributed by atoms with van der Waals surface area (Å²) in [5.41, 5.74) is 0.623. The third-order valence-corrected chi connectivity index (χ3v) is 4.28. The first-order valence-electron chi connectivity index (χ1n) is 8.30. The van der Waals surface area contributed by atoms with E-state index in [1.54, 1.807) is 44.2 Å². The zero-order valence-corrected chi connectivity index (χ0v) is 15.7. The van der Waals surface area contributed by atoms with Gasteiger partial charge in [-0.2, -0.15) is 0 Å². The number of amides is 1. The smallest absolute Gasteiger partial charge is 0.308 e. The van der Waals surface area contributed by atoms with Crippen molar-refractivity contribution >= 4 is 29.2 Å². The summed E-state index contributed by atoms with van der Waals surface area (Å²) in [6, 6.07) is 10.4. The van der Waals surface area contributed by atoms with Crippen molar-refractivity contribution in [2.45, 2.75) is 26.3 Å². The highest BCUT2D eigenvalue weighted by Gasteiger charge is 2.27. The van der Waals surface area contributed by atoms with Crippen LogP contribution in [0.1, 0.15) is 40.9 Å². The molecular formula is C19H19ClN2O5. The van der Waals surface area contributed by atoms with Gasteiger partial charge in [-0.1, -0.05) is 41.9 Å². The number of aryl methyl sites for hydroxylation is 1. The topological polar surface area (TPSA) is 98.5 Å². The summed E-state index contributed by atoms with van der Waals surface area (Å²) in [7, 11) is 0. The molecule has 0 aliphatic heterocycles. The van der Waals surface area contributed by atoms with Crippen molar-refractivity contribution in [3.63, 3.8) is 0 Å². The monoisotopic (exact) mass is 390 g/mol. The van der Waals surface area contributed by atoms with Crippen LogP contribution in [0.25, 0.3) is 0 Å². The Morgan fingerprint density at radius 1 is 1.22 bits per heavy atom. The largest absolute Gasteiger partial charge is 0.466 e. The minimum Gasteiger partial charge on any atom is -0.466 e. The van der Waals surface area contributed by atoms with Crippen LogP contribution in [-0.4, -0.2) is 23.4 Å². The van der Waals surface area contributed by atoms with Gasteiger partial charge in [0.25, 0.3) is 11.6 Å². The first-order valence-corrected chi connectivity index (χ1v) is 8.67. The summed E-state index contributed by atoms with van der Waals surface area (Å²) in [6.07, 6.45) is -0.150. The normalized spacial score (nSPS) is 11.5. The molecule has 142 valence electrons. The quantitative estimate of drug-likeness (QED) is 0.438. The number of nitrogens with zero attached hydrogens (tertiary/aromatic N) is 1. The highest BCUT2D eigenvalue weighted by atomic mass is 35.5. The van der Waals surface area contributed by atoms with E-state index in [0.29, 0.717) is 16.1 Å². The lowest BCUT2D eigenvalue weighted by Gasteiger charge is -2.20. The molecule has 0 saturated heterocycles. The summed E-state index contributed by atoms with van der Waals surface area (Å²) in [5.74, 6) is -1.17. The summed E-state index contributed by atoms with van der Waals surface area (Å²) in [6.45, 7) is 3.49. The average molecular weight is 391 g/mol. The summed E-state index contributed by atoms with van der Waals surface area (Å²) in [4.78, 5) is 35.5. The number of benzene rings is 2. The second-order valence-corrected chi connectivity index (χ2v) is 6.19. The van der Waals surface area contributed by atoms with Gasteiger partial charge in [0.2, 0.25) is 0 Å². The highest BCUT2D eigenvalue weighted by Crippen LogP contribution is 2.28. The maximum atomic E-state index is 12.8. The Kier molecular flexibility index (Phi) is 6.90. The number of nitro groups is 1. The van der Waals surface area contributed by atoms with Gasteiger partial charge in [0, 0.05) is 11.1 Å². The fraction of sp³-hybridized carbons (Fsp3) is 0.263. The van der Waals surface area contributed by atoms with E-state index in [0.717, 1.165) is 0 Å². The molecule has 0 spiro atoms. The van der Waals surface area contributed by atoms with Crippen molar-refractivity contribution in [3.8, 4) is 0 Å². The van der Waals surface area contributed by atoms with Gasteiger partial charge in [-0.3, -0.25) is 19.7 Å². The lowest BCUT2D eigenvalue weighted by atomic mass is 10.0. The molecule has 0 aliphatic rings. The fourth-order valence-corrected chi connectivity index (χ4v) is 2.98. The van der Waals surface area contributed by atoms with Crippen LogP contribution in [0.5, 0.6) is 0 Å². The van der Waals surface area contributed by atoms with Crippen molar-refractivity contribution in [3.05, 3.63) is 74.3 Å². The lowest BCUT2D eigenvalue weighted by Crippen LogP contribution is -2.31. The number of hydrogen-bond acceptors (Lipinski definition) is 5. The minimum absolute atomic E-state index is 0.0524. The van der Waals surface area contributed by atoms with Crippen molar-refractivity contribution in [2.75, 3.05) is 6.61 Å². The number of esters is 1. The van der Waals surface area contributed by atoms with E-state index < -0.39 is 22.8 Å². The molecule has 0 fully saturated rings. The molecule has 1 unspecified atom stereocenters. The SMILES string of the molecule is CCOC(=O)CC(NC(=O)c1c(C)cccc1[N+](=O)[O-])c1ccccc1Cl. The maximum Gasteiger partial charge on any atom is 0.308 e. The number of nitro benzene ring substituents is 1. The molecule has 1 N–H and O–H groups in total. The molecule has 2 aromatic carbocycles. The third-order valence-electron chi connectivity index (χ3n) is 3.94. The lowest BCUT2D eigenvalue weighted by molar-refractivity contribution is -0.385. The van der Waals surface area contributed by atoms with Crippen LogP contribution in [0.4, 0.5) is 5.69 Å². The Labute approximate surface area is 161 Å². The zero-order chi connectivity index (χ0) is 20.0. The molecule has 0 aliphatic carbocycles. The zero-order valence-electron chi connectivity index (χ0n) is 14.9. The number of carbonyl (C=O) groups is 2. The highest BCUT2D eigenvalue weighted by molar-refractivity contribution is 6.31. The molecule has 0 radical (unpaired) electrons. The molecule has 0 heterocycles. The Bertz CT molecular complexity index is 869. The molecule has 7 nitrogen and oxygen atoms in total. The number of rotatable bonds is 7. The average Bonchev–Trinajstić information content (AvgIpc) is 2.61. The molecule has 8 heteroatoms. The first-order chi connectivity index (χ1) is 12.8. The van der Waals surface area contributed by atoms with E-state index in [2.05, 4.69) is 5.32 Å². The van der Waals surface area contributed by atoms with Crippen LogP contribution in [0.3, 0.4) is 0 Å². The molecule has 27 heavy (non-hydrogen) atoms. The standard InChI is InChI=1S/C19H19ClN2O5/c1-3-27-17(23)11-15(13-8-4-5-9-14(13)20)21-19(24)18-12(2)7-6-10-16(18)22(25)26/h4-10,15H,3,11H2,1-2H3,(H,21,24). The van der Waals surface area contributed by atoms with Crippen LogP contribution in [0.15, 0.2) is 42.5 Å². The number of nitrogens with one attached hydrogen (secondary N) is 1. The molecule has 0 aromatic heterocycles. The summed E-state index contributed by atoms with van der Waals surface area (Å²) >= 11 is 6.21. The van der Waals surface area contributed by atoms with E-state index >= 15 is 0 Å². The number of carbonyl (C=O) groups excluding carboxylic acids is 2. The van der Waals surface area contributed by atoms with Gasteiger partial charge < -0.3 is 10.1 Å². The predicted molar refractivity (Wildman–Crippen MR) is 101 cm³/mol. The number of ether oxygens (including phenoxy) is 1. The number of hydrogen-bond donors (Lipinski definition) is 1. The second-order valence-electron chi connectivity index (χ2n) is 5.78. The van der Waals surface area contributed by atoms with Gasteiger partial charge in [-0.25, -0.2) is 0 Å². The van der Waals surface area contributed by atoms with Crippen molar-refractivity contribution in [1.82, 2.24) is 5.32 Å². The van der Waals surface area contributed by atoms with Crippen LogP contribution in [0, 0.1) is 17.0 Å². The van der Waals surface area contributed by atoms with Crippen LogP contribution < -0.4 is 5.32 Å². The Morgan fingerprint density at radius 2 is 1.93 bits per heavy atom. The predicted octanol–water partition coefficient (Wildman–Crippen LogP) is 3.98. The second kappa shape index (κ2) is 9.14. The van der Waals surface area contributed by atoms with Gasteiger partial charge in [0.15, 0.2) is 0 Å². The molecule has 0 saturated carbocycles. The van der Waals surface area contributed by atoms with Crippen molar-refractivity contribution in [1.29, 1.82) is 0 Å². The van der Waals surface area contributed by atoms with Gasteiger partial charge in [-0.15, -0.1) is 0 Å². The fourth-order valence-electron chi connectivity index (χ4n) is 2.71. The van der Waals surface area contributed by atoms with Crippen LogP contribution >= 0.6 is 11.6 Å². The van der Waals surface area contributed by atoms with E-state index in [1.165, 1.54) is 12.1 Å². The molecule has 2 aromatic rings. The Hall–Kier alpha value is -2.93. The molecular weight excluding hydrogens is 372 g/mol. The van der Waals surface area contributed by atoms with Gasteiger partial charge >= 0.3 is 5.97 Å². The van der Waals surface area contributed by atoms with E-state index in [9.17, 15) is 19.7 Å². The Balaban J connectivity index is 2.38. The molecule has 1 atom stereocenters. The van der Waals surface area contributed by atoms with E-state index in [-0.39, 0.29) is 24.3 Å². The molecule has 2 rings (SSSR count). The van der Waals surface area contributed by atoms with Crippen molar-refractivity contribution < 1.29 is 19.2 Å². The van der Waals surface area contributed by atoms with E-state index in [1.807, 2.05) is 0 Å². The van der Waals surface area contributed by atoms with Crippen LogP contribution in [0.2, 0.25) is 5.02 Å². The summed E-state index contributed by atoms with van der Waals surface area (Å²) in [5, 5.41) is 14.3. The third kappa shape index (κ3) is 5.04.